The molecule has 1 aromatic carbocycles. The van der Waals surface area contributed by atoms with Gasteiger partial charge >= 0.3 is 5.69 Å². The fraction of sp³-hybridized carbons (Fsp3) is 0.0714. The summed E-state index contributed by atoms with van der Waals surface area (Å²) in [5.74, 6) is -0.0533. The summed E-state index contributed by atoms with van der Waals surface area (Å²) in [4.78, 5) is 14.5. The molecule has 0 saturated heterocycles. The Labute approximate surface area is 150 Å². The maximum Gasteiger partial charge on any atom is 0.312 e. The van der Waals surface area contributed by atoms with Gasteiger partial charge in [-0.05, 0) is 23.6 Å². The van der Waals surface area contributed by atoms with Gasteiger partial charge in [-0.3, -0.25) is 10.1 Å². The summed E-state index contributed by atoms with van der Waals surface area (Å²) in [5.41, 5.74) is 1.15. The predicted molar refractivity (Wildman–Crippen MR) is 94.2 cm³/mol. The highest BCUT2D eigenvalue weighted by Crippen LogP contribution is 2.31. The summed E-state index contributed by atoms with van der Waals surface area (Å²) in [7, 11) is -4.03. The lowest BCUT2D eigenvalue weighted by molar-refractivity contribution is -0.386. The van der Waals surface area contributed by atoms with Crippen LogP contribution in [0.15, 0.2) is 45.3 Å². The highest BCUT2D eigenvalue weighted by Gasteiger charge is 2.20. The van der Waals surface area contributed by atoms with E-state index in [9.17, 15) is 18.5 Å². The quantitative estimate of drug-likeness (QED) is 0.503. The molecule has 130 valence electrons. The lowest BCUT2D eigenvalue weighted by atomic mass is 10.3. The zero-order valence-electron chi connectivity index (χ0n) is 12.5. The third kappa shape index (κ3) is 4.02. The summed E-state index contributed by atoms with van der Waals surface area (Å²) in [6.45, 7) is 0.0240. The molecule has 11 heteroatoms. The van der Waals surface area contributed by atoms with Gasteiger partial charge in [0.15, 0.2) is 5.75 Å². The van der Waals surface area contributed by atoms with Crippen LogP contribution in [0.5, 0.6) is 5.75 Å². The van der Waals surface area contributed by atoms with Crippen molar-refractivity contribution in [3.05, 3.63) is 56.2 Å². The number of hydrogen-bond acceptors (Lipinski definition) is 8. The van der Waals surface area contributed by atoms with Crippen LogP contribution in [0.25, 0.3) is 10.6 Å². The van der Waals surface area contributed by atoms with Crippen molar-refractivity contribution in [3.63, 3.8) is 0 Å². The number of nitro benzene ring substituents is 1. The minimum atomic E-state index is -4.03. The molecule has 3 rings (SSSR count). The van der Waals surface area contributed by atoms with Gasteiger partial charge in [0, 0.05) is 22.4 Å². The number of benzene rings is 1. The first-order valence-corrected chi connectivity index (χ1v) is 10.1. The number of thiazole rings is 1. The predicted octanol–water partition coefficient (Wildman–Crippen LogP) is 3.01. The van der Waals surface area contributed by atoms with Crippen LogP contribution in [-0.2, 0) is 16.6 Å². The first-order valence-electron chi connectivity index (χ1n) is 6.75. The summed E-state index contributed by atoms with van der Waals surface area (Å²) in [6, 6.07) is 5.20. The van der Waals surface area contributed by atoms with E-state index in [4.69, 9.17) is 9.88 Å². The third-order valence-corrected chi connectivity index (χ3v) is 5.69. The van der Waals surface area contributed by atoms with E-state index in [2.05, 4.69) is 4.98 Å². The van der Waals surface area contributed by atoms with Crippen LogP contribution >= 0.6 is 22.7 Å². The van der Waals surface area contributed by atoms with Gasteiger partial charge in [0.1, 0.15) is 11.6 Å². The van der Waals surface area contributed by atoms with E-state index in [1.165, 1.54) is 17.4 Å². The number of sulfonamides is 1. The molecule has 0 unspecified atom stereocenters. The van der Waals surface area contributed by atoms with Gasteiger partial charge in [-0.15, -0.1) is 11.3 Å². The molecule has 3 aromatic rings. The number of nitro groups is 1. The molecule has 0 saturated carbocycles. The molecule has 0 atom stereocenters. The van der Waals surface area contributed by atoms with Gasteiger partial charge in [-0.1, -0.05) is 0 Å². The molecule has 2 N–H and O–H groups in total. The van der Waals surface area contributed by atoms with Crippen LogP contribution in [0.3, 0.4) is 0 Å². The lowest BCUT2D eigenvalue weighted by Crippen LogP contribution is -2.12. The van der Waals surface area contributed by atoms with Crippen molar-refractivity contribution in [1.82, 2.24) is 4.98 Å². The number of primary sulfonamides is 1. The molecule has 2 heterocycles. The molecule has 25 heavy (non-hydrogen) atoms. The molecule has 8 nitrogen and oxygen atoms in total. The smallest absolute Gasteiger partial charge is 0.312 e. The minimum Gasteiger partial charge on any atom is -0.480 e. The Morgan fingerprint density at radius 3 is 2.72 bits per heavy atom. The van der Waals surface area contributed by atoms with E-state index in [1.54, 1.807) is 16.7 Å². The first kappa shape index (κ1) is 17.5. The molecule has 2 aromatic heterocycles. The Kier molecular flexibility index (Phi) is 4.81. The fourth-order valence-electron chi connectivity index (χ4n) is 1.98. The number of thiophene rings is 1. The van der Waals surface area contributed by atoms with E-state index in [0.29, 0.717) is 5.69 Å². The molecule has 0 radical (unpaired) electrons. The van der Waals surface area contributed by atoms with E-state index in [-0.39, 0.29) is 17.3 Å². The SMILES string of the molecule is NS(=O)(=O)c1ccc(OCc2csc(-c3ccsc3)n2)c([N+](=O)[O-])c1. The fourth-order valence-corrected chi connectivity index (χ4v) is 4.03. The van der Waals surface area contributed by atoms with E-state index < -0.39 is 20.6 Å². The highest BCUT2D eigenvalue weighted by molar-refractivity contribution is 7.89. The van der Waals surface area contributed by atoms with Crippen molar-refractivity contribution in [3.8, 4) is 16.3 Å². The Hall–Kier alpha value is -2.34. The van der Waals surface area contributed by atoms with Crippen LogP contribution in [0.2, 0.25) is 0 Å². The Morgan fingerprint density at radius 2 is 2.08 bits per heavy atom. The standard InChI is InChI=1S/C14H11N3O5S3/c15-25(20,21)11-1-2-13(12(5-11)17(18)19)22-6-10-8-24-14(16-10)9-3-4-23-7-9/h1-5,7-8H,6H2,(H2,15,20,21). The molecule has 0 aliphatic rings. The summed E-state index contributed by atoms with van der Waals surface area (Å²) in [5, 5.41) is 22.7. The second kappa shape index (κ2) is 6.88. The Bertz CT molecular complexity index is 1010. The van der Waals surface area contributed by atoms with Crippen molar-refractivity contribution in [2.45, 2.75) is 11.5 Å². The topological polar surface area (TPSA) is 125 Å². The Morgan fingerprint density at radius 1 is 1.28 bits per heavy atom. The third-order valence-electron chi connectivity index (χ3n) is 3.15. The molecule has 0 aliphatic carbocycles. The Balaban J connectivity index is 1.80. The molecule has 0 fully saturated rings. The van der Waals surface area contributed by atoms with Crippen LogP contribution < -0.4 is 9.88 Å². The van der Waals surface area contributed by atoms with Crippen molar-refractivity contribution in [1.29, 1.82) is 0 Å². The van der Waals surface area contributed by atoms with Crippen molar-refractivity contribution >= 4 is 38.4 Å². The zero-order valence-corrected chi connectivity index (χ0v) is 14.9. The summed E-state index contributed by atoms with van der Waals surface area (Å²) < 4.78 is 28.1. The maximum atomic E-state index is 11.3. The number of ether oxygens (including phenoxy) is 1. The monoisotopic (exact) mass is 397 g/mol. The van der Waals surface area contributed by atoms with Crippen LogP contribution in [0, 0.1) is 10.1 Å². The normalized spacial score (nSPS) is 11.4. The van der Waals surface area contributed by atoms with E-state index in [1.807, 2.05) is 16.8 Å². The first-order chi connectivity index (χ1) is 11.8. The molecule has 0 spiro atoms. The van der Waals surface area contributed by atoms with Gasteiger partial charge in [-0.2, -0.15) is 11.3 Å². The molecule has 0 aliphatic heterocycles. The molecular weight excluding hydrogens is 386 g/mol. The number of nitrogens with zero attached hydrogens (tertiary/aromatic N) is 2. The maximum absolute atomic E-state index is 11.3. The van der Waals surface area contributed by atoms with Crippen LogP contribution in [0.1, 0.15) is 5.69 Å². The average Bonchev–Trinajstić information content (AvgIpc) is 3.22. The zero-order chi connectivity index (χ0) is 18.0. The van der Waals surface area contributed by atoms with Gasteiger partial charge < -0.3 is 4.74 Å². The van der Waals surface area contributed by atoms with Gasteiger partial charge in [0.2, 0.25) is 10.0 Å². The van der Waals surface area contributed by atoms with Gasteiger partial charge in [0.25, 0.3) is 0 Å². The lowest BCUT2D eigenvalue weighted by Gasteiger charge is -2.06. The second-order valence-electron chi connectivity index (χ2n) is 4.88. The number of nitrogens with two attached hydrogens (primary N) is 1. The van der Waals surface area contributed by atoms with Crippen molar-refractivity contribution < 1.29 is 18.1 Å². The average molecular weight is 397 g/mol. The largest absolute Gasteiger partial charge is 0.480 e. The van der Waals surface area contributed by atoms with Gasteiger partial charge in [0.05, 0.1) is 15.5 Å². The van der Waals surface area contributed by atoms with E-state index >= 15 is 0 Å². The van der Waals surface area contributed by atoms with Crippen LogP contribution in [-0.4, -0.2) is 18.3 Å². The molecular formula is C14H11N3O5S3. The van der Waals surface area contributed by atoms with Gasteiger partial charge in [-0.25, -0.2) is 18.5 Å². The molecule has 0 amide bonds. The van der Waals surface area contributed by atoms with Crippen molar-refractivity contribution in [2.24, 2.45) is 5.14 Å². The highest BCUT2D eigenvalue weighted by atomic mass is 32.2. The summed E-state index contributed by atoms with van der Waals surface area (Å²) in [6.07, 6.45) is 0. The number of rotatable bonds is 6. The number of aromatic nitrogens is 1. The van der Waals surface area contributed by atoms with Crippen LogP contribution in [0.4, 0.5) is 5.69 Å². The van der Waals surface area contributed by atoms with Crippen molar-refractivity contribution in [2.75, 3.05) is 0 Å². The minimum absolute atomic E-state index is 0.0240. The molecule has 0 bridgehead atoms. The summed E-state index contributed by atoms with van der Waals surface area (Å²) >= 11 is 3.01. The van der Waals surface area contributed by atoms with E-state index in [0.717, 1.165) is 22.7 Å². The second-order valence-corrected chi connectivity index (χ2v) is 8.08. The number of hydrogen-bond donors (Lipinski definition) is 1.